The van der Waals surface area contributed by atoms with Gasteiger partial charge in [0.05, 0.1) is 11.4 Å². The van der Waals surface area contributed by atoms with Crippen LogP contribution in [-0.4, -0.2) is 46.3 Å². The van der Waals surface area contributed by atoms with Gasteiger partial charge in [-0.2, -0.15) is 5.10 Å². The third kappa shape index (κ3) is 3.88. The highest BCUT2D eigenvalue weighted by atomic mass is 15.2. The maximum absolute atomic E-state index is 4.59. The molecule has 1 N–H and O–H groups in total. The van der Waals surface area contributed by atoms with Crippen LogP contribution in [0.25, 0.3) is 0 Å². The van der Waals surface area contributed by atoms with Crippen molar-refractivity contribution in [1.82, 2.24) is 20.1 Å². The van der Waals surface area contributed by atoms with Crippen molar-refractivity contribution in [2.24, 2.45) is 5.92 Å². The van der Waals surface area contributed by atoms with E-state index in [1.807, 2.05) is 0 Å². The fourth-order valence-corrected chi connectivity index (χ4v) is 2.85. The van der Waals surface area contributed by atoms with Crippen molar-refractivity contribution in [2.75, 3.05) is 31.5 Å². The Morgan fingerprint density at radius 2 is 1.95 bits per heavy atom. The minimum absolute atomic E-state index is 0.688. The number of hydrogen-bond donors (Lipinski definition) is 1. The molecule has 0 radical (unpaired) electrons. The molecule has 0 aliphatic carbocycles. The standard InChI is InChI=1S/C15H27N5/c1-4-13-14(5-2)18-19-15(17-13)16-10-12-8-7-9-20(6-3)11-12/h12H,4-11H2,1-3H3,(H,16,17,19). The predicted octanol–water partition coefficient (Wildman–Crippen LogP) is 2.14. The molecule has 2 heterocycles. The molecule has 5 heteroatoms. The predicted molar refractivity (Wildman–Crippen MR) is 81.9 cm³/mol. The van der Waals surface area contributed by atoms with Crippen LogP contribution < -0.4 is 5.32 Å². The van der Waals surface area contributed by atoms with Crippen molar-refractivity contribution >= 4 is 5.95 Å². The van der Waals surface area contributed by atoms with E-state index in [-0.39, 0.29) is 0 Å². The van der Waals surface area contributed by atoms with Crippen LogP contribution in [-0.2, 0) is 12.8 Å². The van der Waals surface area contributed by atoms with Crippen molar-refractivity contribution in [1.29, 1.82) is 0 Å². The van der Waals surface area contributed by atoms with Gasteiger partial charge in [-0.05, 0) is 44.7 Å². The molecule has 5 nitrogen and oxygen atoms in total. The summed E-state index contributed by atoms with van der Waals surface area (Å²) in [6, 6.07) is 0. The van der Waals surface area contributed by atoms with Crippen LogP contribution in [0.3, 0.4) is 0 Å². The number of hydrogen-bond acceptors (Lipinski definition) is 5. The number of rotatable bonds is 6. The summed E-state index contributed by atoms with van der Waals surface area (Å²) in [5, 5.41) is 11.8. The van der Waals surface area contributed by atoms with E-state index in [0.717, 1.165) is 37.3 Å². The Morgan fingerprint density at radius 1 is 1.15 bits per heavy atom. The van der Waals surface area contributed by atoms with E-state index in [4.69, 9.17) is 0 Å². The summed E-state index contributed by atoms with van der Waals surface area (Å²) >= 11 is 0. The maximum Gasteiger partial charge on any atom is 0.242 e. The number of nitrogens with one attached hydrogen (secondary N) is 1. The Labute approximate surface area is 122 Å². The first kappa shape index (κ1) is 15.2. The largest absolute Gasteiger partial charge is 0.353 e. The van der Waals surface area contributed by atoms with Gasteiger partial charge in [-0.1, -0.05) is 20.8 Å². The Balaban J connectivity index is 1.90. The highest BCUT2D eigenvalue weighted by Gasteiger charge is 2.18. The topological polar surface area (TPSA) is 53.9 Å². The Bertz CT molecular complexity index is 421. The molecular weight excluding hydrogens is 250 g/mol. The van der Waals surface area contributed by atoms with Gasteiger partial charge in [0.1, 0.15) is 0 Å². The lowest BCUT2D eigenvalue weighted by Gasteiger charge is -2.31. The van der Waals surface area contributed by atoms with Gasteiger partial charge < -0.3 is 10.2 Å². The summed E-state index contributed by atoms with van der Waals surface area (Å²) in [4.78, 5) is 7.11. The number of aromatic nitrogens is 3. The quantitative estimate of drug-likeness (QED) is 0.863. The number of likely N-dealkylation sites (tertiary alicyclic amines) is 1. The zero-order chi connectivity index (χ0) is 14.4. The molecule has 2 rings (SSSR count). The van der Waals surface area contributed by atoms with Crippen LogP contribution in [0, 0.1) is 5.92 Å². The van der Waals surface area contributed by atoms with Crippen LogP contribution in [0.2, 0.25) is 0 Å². The summed E-state index contributed by atoms with van der Waals surface area (Å²) in [5.41, 5.74) is 2.09. The van der Waals surface area contributed by atoms with Crippen LogP contribution in [0.4, 0.5) is 5.95 Å². The smallest absolute Gasteiger partial charge is 0.242 e. The summed E-state index contributed by atoms with van der Waals surface area (Å²) in [7, 11) is 0. The lowest BCUT2D eigenvalue weighted by Crippen LogP contribution is -2.38. The lowest BCUT2D eigenvalue weighted by atomic mass is 9.98. The monoisotopic (exact) mass is 277 g/mol. The molecule has 20 heavy (non-hydrogen) atoms. The van der Waals surface area contributed by atoms with E-state index >= 15 is 0 Å². The van der Waals surface area contributed by atoms with Gasteiger partial charge in [0, 0.05) is 13.1 Å². The van der Waals surface area contributed by atoms with Crippen molar-refractivity contribution < 1.29 is 0 Å². The van der Waals surface area contributed by atoms with Crippen molar-refractivity contribution in [3.05, 3.63) is 11.4 Å². The second-order valence-corrected chi connectivity index (χ2v) is 5.52. The maximum atomic E-state index is 4.59. The van der Waals surface area contributed by atoms with E-state index in [0.29, 0.717) is 11.9 Å². The molecule has 112 valence electrons. The fraction of sp³-hybridized carbons (Fsp3) is 0.800. The average Bonchev–Trinajstić information content (AvgIpc) is 2.52. The van der Waals surface area contributed by atoms with Crippen LogP contribution in [0.1, 0.15) is 45.0 Å². The van der Waals surface area contributed by atoms with E-state index < -0.39 is 0 Å². The van der Waals surface area contributed by atoms with Crippen LogP contribution >= 0.6 is 0 Å². The first-order valence-electron chi connectivity index (χ1n) is 7.95. The van der Waals surface area contributed by atoms with Crippen LogP contribution in [0.15, 0.2) is 0 Å². The highest BCUT2D eigenvalue weighted by molar-refractivity contribution is 5.25. The molecule has 0 amide bonds. The number of piperidine rings is 1. The summed E-state index contributed by atoms with van der Waals surface area (Å²) in [6.07, 6.45) is 4.41. The molecule has 1 aromatic rings. The number of nitrogens with zero attached hydrogens (tertiary/aromatic N) is 4. The minimum atomic E-state index is 0.688. The molecule has 0 spiro atoms. The first-order chi connectivity index (χ1) is 9.76. The molecule has 0 aromatic carbocycles. The lowest BCUT2D eigenvalue weighted by molar-refractivity contribution is 0.189. The Kier molecular flexibility index (Phi) is 5.71. The molecule has 1 aliphatic rings. The van der Waals surface area contributed by atoms with Gasteiger partial charge in [-0.25, -0.2) is 4.98 Å². The summed E-state index contributed by atoms with van der Waals surface area (Å²) in [6.45, 7) is 11.0. The third-order valence-electron chi connectivity index (χ3n) is 4.11. The minimum Gasteiger partial charge on any atom is -0.353 e. The zero-order valence-electron chi connectivity index (χ0n) is 13.0. The van der Waals surface area contributed by atoms with Gasteiger partial charge in [0.2, 0.25) is 5.95 Å². The highest BCUT2D eigenvalue weighted by Crippen LogP contribution is 2.16. The molecule has 1 atom stereocenters. The van der Waals surface area contributed by atoms with Gasteiger partial charge in [-0.15, -0.1) is 5.10 Å². The summed E-state index contributed by atoms with van der Waals surface area (Å²) in [5.74, 6) is 1.39. The third-order valence-corrected chi connectivity index (χ3v) is 4.11. The summed E-state index contributed by atoms with van der Waals surface area (Å²) < 4.78 is 0. The molecule has 1 saturated heterocycles. The normalized spacial score (nSPS) is 20.1. The van der Waals surface area contributed by atoms with E-state index in [9.17, 15) is 0 Å². The SMILES string of the molecule is CCc1nnc(NCC2CCCN(CC)C2)nc1CC. The average molecular weight is 277 g/mol. The molecule has 1 unspecified atom stereocenters. The molecule has 1 fully saturated rings. The molecule has 1 aliphatic heterocycles. The van der Waals surface area contributed by atoms with Crippen molar-refractivity contribution in [3.8, 4) is 0 Å². The number of anilines is 1. The fourth-order valence-electron chi connectivity index (χ4n) is 2.85. The van der Waals surface area contributed by atoms with Gasteiger partial charge in [0.25, 0.3) is 0 Å². The zero-order valence-corrected chi connectivity index (χ0v) is 13.0. The Morgan fingerprint density at radius 3 is 2.65 bits per heavy atom. The van der Waals surface area contributed by atoms with E-state index in [1.165, 1.54) is 25.9 Å². The molecular formula is C15H27N5. The van der Waals surface area contributed by atoms with Gasteiger partial charge >= 0.3 is 0 Å². The van der Waals surface area contributed by atoms with Gasteiger partial charge in [-0.3, -0.25) is 0 Å². The first-order valence-corrected chi connectivity index (χ1v) is 7.95. The molecule has 0 saturated carbocycles. The second-order valence-electron chi connectivity index (χ2n) is 5.52. The van der Waals surface area contributed by atoms with Crippen LogP contribution in [0.5, 0.6) is 0 Å². The molecule has 1 aromatic heterocycles. The van der Waals surface area contributed by atoms with E-state index in [1.54, 1.807) is 0 Å². The molecule has 0 bridgehead atoms. The van der Waals surface area contributed by atoms with Crippen molar-refractivity contribution in [2.45, 2.75) is 46.5 Å². The van der Waals surface area contributed by atoms with Gasteiger partial charge in [0.15, 0.2) is 0 Å². The number of aryl methyl sites for hydroxylation is 2. The Hall–Kier alpha value is -1.23. The van der Waals surface area contributed by atoms with E-state index in [2.05, 4.69) is 46.2 Å². The van der Waals surface area contributed by atoms with Crippen molar-refractivity contribution in [3.63, 3.8) is 0 Å². The second kappa shape index (κ2) is 7.53.